The first-order chi connectivity index (χ1) is 9.58. The molecule has 3 N–H and O–H groups in total. The van der Waals surface area contributed by atoms with E-state index in [4.69, 9.17) is 10.2 Å². The predicted molar refractivity (Wildman–Crippen MR) is 75.1 cm³/mol. The summed E-state index contributed by atoms with van der Waals surface area (Å²) in [5, 5.41) is 22.4. The maximum Gasteiger partial charge on any atom is 0.355 e. The Morgan fingerprint density at radius 3 is 2.80 bits per heavy atom. The smallest absolute Gasteiger partial charge is 0.355 e. The topological polar surface area (TPSA) is 103 Å². The highest BCUT2D eigenvalue weighted by molar-refractivity contribution is 7.09. The summed E-state index contributed by atoms with van der Waals surface area (Å²) in [5.41, 5.74) is 0.0365. The maximum atomic E-state index is 11.8. The van der Waals surface area contributed by atoms with Crippen LogP contribution in [0.25, 0.3) is 0 Å². The van der Waals surface area contributed by atoms with Gasteiger partial charge in [-0.05, 0) is 13.3 Å². The van der Waals surface area contributed by atoms with Crippen molar-refractivity contribution in [1.82, 2.24) is 15.2 Å². The molecule has 1 aromatic rings. The first-order valence-electron chi connectivity index (χ1n) is 6.39. The number of aliphatic hydroxyl groups is 1. The molecule has 0 fully saturated rings. The molecular formula is C12H19N3O4S. The molecule has 112 valence electrons. The zero-order valence-corrected chi connectivity index (χ0v) is 12.2. The number of amides is 2. The lowest BCUT2D eigenvalue weighted by atomic mass is 10.4. The second-order valence-corrected chi connectivity index (χ2v) is 5.01. The summed E-state index contributed by atoms with van der Waals surface area (Å²) in [7, 11) is 0. The monoisotopic (exact) mass is 301 g/mol. The number of carbonyl (C=O) groups is 2. The predicted octanol–water partition coefficient (Wildman–Crippen LogP) is 0.798. The van der Waals surface area contributed by atoms with Crippen molar-refractivity contribution in [2.45, 2.75) is 19.8 Å². The van der Waals surface area contributed by atoms with Crippen LogP contribution in [0.4, 0.5) is 4.79 Å². The zero-order valence-electron chi connectivity index (χ0n) is 11.3. The van der Waals surface area contributed by atoms with E-state index in [0.717, 1.165) is 0 Å². The quantitative estimate of drug-likeness (QED) is 0.659. The molecule has 0 aliphatic carbocycles. The van der Waals surface area contributed by atoms with Gasteiger partial charge in [0.15, 0.2) is 5.69 Å². The fraction of sp³-hybridized carbons (Fsp3) is 0.583. The molecule has 0 saturated heterocycles. The molecule has 0 bridgehead atoms. The maximum absolute atomic E-state index is 11.8. The van der Waals surface area contributed by atoms with Crippen molar-refractivity contribution in [3.8, 4) is 0 Å². The van der Waals surface area contributed by atoms with Gasteiger partial charge in [0, 0.05) is 38.0 Å². The van der Waals surface area contributed by atoms with Crippen LogP contribution >= 0.6 is 11.3 Å². The van der Waals surface area contributed by atoms with E-state index in [1.807, 2.05) is 6.92 Å². The molecule has 0 spiro atoms. The van der Waals surface area contributed by atoms with Crippen LogP contribution < -0.4 is 5.32 Å². The Kier molecular flexibility index (Phi) is 6.96. The summed E-state index contributed by atoms with van der Waals surface area (Å²) in [6.07, 6.45) is 1.05. The van der Waals surface area contributed by atoms with Gasteiger partial charge < -0.3 is 20.4 Å². The van der Waals surface area contributed by atoms with Crippen LogP contribution in [-0.2, 0) is 6.42 Å². The minimum absolute atomic E-state index is 0.0365. The number of carboxylic acids is 1. The van der Waals surface area contributed by atoms with E-state index in [1.165, 1.54) is 16.7 Å². The van der Waals surface area contributed by atoms with E-state index in [0.29, 0.717) is 37.5 Å². The Labute approximate surface area is 121 Å². The second kappa shape index (κ2) is 8.49. The highest BCUT2D eigenvalue weighted by Gasteiger charge is 2.11. The average molecular weight is 301 g/mol. The molecular weight excluding hydrogens is 282 g/mol. The van der Waals surface area contributed by atoms with Gasteiger partial charge in [0.1, 0.15) is 0 Å². The van der Waals surface area contributed by atoms with Crippen LogP contribution in [0.5, 0.6) is 0 Å². The van der Waals surface area contributed by atoms with Gasteiger partial charge in [-0.3, -0.25) is 0 Å². The molecule has 0 aromatic carbocycles. The Bertz CT molecular complexity index is 450. The van der Waals surface area contributed by atoms with Crippen LogP contribution in [-0.4, -0.2) is 58.3 Å². The lowest BCUT2D eigenvalue weighted by molar-refractivity contribution is 0.0691. The first kappa shape index (κ1) is 16.4. The Balaban J connectivity index is 2.34. The van der Waals surface area contributed by atoms with E-state index < -0.39 is 5.97 Å². The van der Waals surface area contributed by atoms with E-state index in [9.17, 15) is 9.59 Å². The molecule has 0 aliphatic rings. The Morgan fingerprint density at radius 1 is 1.50 bits per heavy atom. The number of aromatic carboxylic acids is 1. The summed E-state index contributed by atoms with van der Waals surface area (Å²) in [6, 6.07) is -0.184. The number of hydrogen-bond donors (Lipinski definition) is 3. The van der Waals surface area contributed by atoms with Crippen LogP contribution in [0.15, 0.2) is 5.38 Å². The number of nitrogens with zero attached hydrogens (tertiary/aromatic N) is 2. The van der Waals surface area contributed by atoms with Crippen molar-refractivity contribution in [3.05, 3.63) is 16.1 Å². The largest absolute Gasteiger partial charge is 0.476 e. The van der Waals surface area contributed by atoms with Gasteiger partial charge in [0.25, 0.3) is 0 Å². The van der Waals surface area contributed by atoms with E-state index in [-0.39, 0.29) is 18.3 Å². The Morgan fingerprint density at radius 2 is 2.25 bits per heavy atom. The SMILES string of the molecule is CCN(CCCO)C(=O)NCCc1nc(C(=O)O)cs1. The van der Waals surface area contributed by atoms with Crippen LogP contribution in [0, 0.1) is 0 Å². The molecule has 0 aliphatic heterocycles. The molecule has 20 heavy (non-hydrogen) atoms. The summed E-state index contributed by atoms with van der Waals surface area (Å²) in [5.74, 6) is -1.04. The molecule has 0 radical (unpaired) electrons. The molecule has 0 atom stereocenters. The average Bonchev–Trinajstić information content (AvgIpc) is 2.88. The van der Waals surface area contributed by atoms with Crippen molar-refractivity contribution in [2.24, 2.45) is 0 Å². The normalized spacial score (nSPS) is 10.3. The second-order valence-electron chi connectivity index (χ2n) is 4.07. The molecule has 0 unspecified atom stereocenters. The molecule has 8 heteroatoms. The van der Waals surface area contributed by atoms with Crippen molar-refractivity contribution < 1.29 is 19.8 Å². The molecule has 1 aromatic heterocycles. The third-order valence-electron chi connectivity index (χ3n) is 2.64. The summed E-state index contributed by atoms with van der Waals surface area (Å²) >= 11 is 1.27. The van der Waals surface area contributed by atoms with Crippen LogP contribution in [0.2, 0.25) is 0 Å². The number of carbonyl (C=O) groups excluding carboxylic acids is 1. The van der Waals surface area contributed by atoms with Gasteiger partial charge >= 0.3 is 12.0 Å². The minimum atomic E-state index is -1.04. The number of urea groups is 1. The van der Waals surface area contributed by atoms with Gasteiger partial charge in [-0.15, -0.1) is 11.3 Å². The van der Waals surface area contributed by atoms with Crippen molar-refractivity contribution in [1.29, 1.82) is 0 Å². The third kappa shape index (κ3) is 5.14. The Hall–Kier alpha value is -1.67. The van der Waals surface area contributed by atoms with Crippen molar-refractivity contribution >= 4 is 23.3 Å². The standard InChI is InChI=1S/C12H19N3O4S/c1-2-15(6-3-7-16)12(19)13-5-4-10-14-9(8-20-10)11(17)18/h8,16H,2-7H2,1H3,(H,13,19)(H,17,18). The summed E-state index contributed by atoms with van der Waals surface area (Å²) in [6.45, 7) is 3.42. The van der Waals surface area contributed by atoms with Crippen LogP contribution in [0.3, 0.4) is 0 Å². The number of thiazole rings is 1. The number of hydrogen-bond acceptors (Lipinski definition) is 5. The fourth-order valence-electron chi connectivity index (χ4n) is 1.58. The van der Waals surface area contributed by atoms with Gasteiger partial charge in [0.2, 0.25) is 0 Å². The number of carboxylic acid groups (broad SMARTS) is 1. The minimum Gasteiger partial charge on any atom is -0.476 e. The van der Waals surface area contributed by atoms with Gasteiger partial charge in [0.05, 0.1) is 5.01 Å². The highest BCUT2D eigenvalue weighted by atomic mass is 32.1. The molecule has 2 amide bonds. The van der Waals surface area contributed by atoms with Crippen LogP contribution in [0.1, 0.15) is 28.8 Å². The number of aliphatic hydroxyl groups excluding tert-OH is 1. The van der Waals surface area contributed by atoms with Crippen molar-refractivity contribution in [2.75, 3.05) is 26.2 Å². The lowest BCUT2D eigenvalue weighted by Crippen LogP contribution is -2.41. The van der Waals surface area contributed by atoms with E-state index >= 15 is 0 Å². The third-order valence-corrected chi connectivity index (χ3v) is 3.55. The number of aromatic nitrogens is 1. The summed E-state index contributed by atoms with van der Waals surface area (Å²) < 4.78 is 0. The molecule has 7 nitrogen and oxygen atoms in total. The van der Waals surface area contributed by atoms with E-state index in [1.54, 1.807) is 4.90 Å². The van der Waals surface area contributed by atoms with Gasteiger partial charge in [-0.25, -0.2) is 14.6 Å². The van der Waals surface area contributed by atoms with Gasteiger partial charge in [-0.1, -0.05) is 0 Å². The highest BCUT2D eigenvalue weighted by Crippen LogP contribution is 2.09. The molecule has 1 heterocycles. The molecule has 0 saturated carbocycles. The lowest BCUT2D eigenvalue weighted by Gasteiger charge is -2.20. The van der Waals surface area contributed by atoms with E-state index in [2.05, 4.69) is 10.3 Å². The zero-order chi connectivity index (χ0) is 15.0. The number of rotatable bonds is 8. The van der Waals surface area contributed by atoms with Crippen molar-refractivity contribution in [3.63, 3.8) is 0 Å². The molecule has 1 rings (SSSR count). The summed E-state index contributed by atoms with van der Waals surface area (Å²) in [4.78, 5) is 28.0. The fourth-order valence-corrected chi connectivity index (χ4v) is 2.35. The first-order valence-corrected chi connectivity index (χ1v) is 7.27. The van der Waals surface area contributed by atoms with Gasteiger partial charge in [-0.2, -0.15) is 0 Å². The number of nitrogens with one attached hydrogen (secondary N) is 1.